The zero-order valence-electron chi connectivity index (χ0n) is 6.53. The van der Waals surface area contributed by atoms with Crippen molar-refractivity contribution in [2.75, 3.05) is 0 Å². The van der Waals surface area contributed by atoms with Crippen LogP contribution >= 0.6 is 0 Å². The third-order valence-corrected chi connectivity index (χ3v) is 2.07. The Kier molecular flexibility index (Phi) is 3.13. The van der Waals surface area contributed by atoms with E-state index in [1.807, 2.05) is 0 Å². The molecule has 11 heavy (non-hydrogen) atoms. The maximum absolute atomic E-state index is 9.42. The van der Waals surface area contributed by atoms with Crippen molar-refractivity contribution in [1.82, 2.24) is 0 Å². The van der Waals surface area contributed by atoms with Crippen LogP contribution in [0.2, 0.25) is 0 Å². The van der Waals surface area contributed by atoms with Gasteiger partial charge in [0.15, 0.2) is 0 Å². The quantitative estimate of drug-likeness (QED) is 0.534. The van der Waals surface area contributed by atoms with Crippen LogP contribution in [0.1, 0.15) is 25.7 Å². The minimum Gasteiger partial charge on any atom is -0.392 e. The smallest absolute Gasteiger partial charge is 0.0725 e. The van der Waals surface area contributed by atoms with Gasteiger partial charge in [0.05, 0.1) is 18.1 Å². The molecule has 1 rings (SSSR count). The average molecular weight is 151 g/mol. The van der Waals surface area contributed by atoms with Gasteiger partial charge in [0.25, 0.3) is 0 Å². The van der Waals surface area contributed by atoms with E-state index in [0.29, 0.717) is 0 Å². The number of aliphatic hydroxyl groups is 1. The van der Waals surface area contributed by atoms with Gasteiger partial charge >= 0.3 is 0 Å². The molecule has 0 aromatic carbocycles. The van der Waals surface area contributed by atoms with Crippen LogP contribution in [0.5, 0.6) is 0 Å². The summed E-state index contributed by atoms with van der Waals surface area (Å²) in [7, 11) is 0. The molecule has 0 spiro atoms. The number of rotatable bonds is 0. The van der Waals surface area contributed by atoms with E-state index in [9.17, 15) is 5.11 Å². The Morgan fingerprint density at radius 2 is 1.91 bits per heavy atom. The summed E-state index contributed by atoms with van der Waals surface area (Å²) in [5, 5.41) is 18.1. The number of hydrogen-bond donors (Lipinski definition) is 1. The van der Waals surface area contributed by atoms with Crippen LogP contribution in [-0.2, 0) is 0 Å². The second-order valence-corrected chi connectivity index (χ2v) is 2.93. The standard InChI is InChI=1S/C9H13NO/c10-7-8-5-3-1-2-4-6-9(8)11/h1-2,8-9,11H,3-6H2/t8-,9-/m0/s1. The van der Waals surface area contributed by atoms with Crippen molar-refractivity contribution in [3.8, 4) is 6.07 Å². The number of hydrogen-bond acceptors (Lipinski definition) is 2. The SMILES string of the molecule is N#C[C@@H]1CCC=CCC[C@@H]1O. The van der Waals surface area contributed by atoms with Crippen LogP contribution in [0.4, 0.5) is 0 Å². The molecule has 0 saturated heterocycles. The Hall–Kier alpha value is -0.810. The van der Waals surface area contributed by atoms with Crippen molar-refractivity contribution in [2.45, 2.75) is 31.8 Å². The predicted molar refractivity (Wildman–Crippen MR) is 42.7 cm³/mol. The van der Waals surface area contributed by atoms with Gasteiger partial charge in [0.1, 0.15) is 0 Å². The fourth-order valence-electron chi connectivity index (χ4n) is 1.32. The molecule has 60 valence electrons. The van der Waals surface area contributed by atoms with Crippen molar-refractivity contribution in [1.29, 1.82) is 5.26 Å². The number of nitriles is 1. The first-order valence-corrected chi connectivity index (χ1v) is 4.07. The Labute approximate surface area is 67.2 Å². The molecule has 2 nitrogen and oxygen atoms in total. The van der Waals surface area contributed by atoms with E-state index in [2.05, 4.69) is 18.2 Å². The molecular formula is C9H13NO. The van der Waals surface area contributed by atoms with Gasteiger partial charge in [0, 0.05) is 0 Å². The maximum Gasteiger partial charge on any atom is 0.0725 e. The van der Waals surface area contributed by atoms with E-state index >= 15 is 0 Å². The van der Waals surface area contributed by atoms with Gasteiger partial charge in [-0.05, 0) is 25.7 Å². The summed E-state index contributed by atoms with van der Waals surface area (Å²) in [6.45, 7) is 0. The van der Waals surface area contributed by atoms with E-state index < -0.39 is 6.10 Å². The van der Waals surface area contributed by atoms with Gasteiger partial charge in [0.2, 0.25) is 0 Å². The van der Waals surface area contributed by atoms with Gasteiger partial charge < -0.3 is 5.11 Å². The highest BCUT2D eigenvalue weighted by Gasteiger charge is 2.17. The minimum absolute atomic E-state index is 0.153. The number of nitrogens with zero attached hydrogens (tertiary/aromatic N) is 1. The highest BCUT2D eigenvalue weighted by Crippen LogP contribution is 2.18. The summed E-state index contributed by atoms with van der Waals surface area (Å²) < 4.78 is 0. The molecule has 0 aromatic heterocycles. The first-order chi connectivity index (χ1) is 5.34. The van der Waals surface area contributed by atoms with E-state index in [0.717, 1.165) is 25.7 Å². The first-order valence-electron chi connectivity index (χ1n) is 4.07. The van der Waals surface area contributed by atoms with Crippen LogP contribution in [0.3, 0.4) is 0 Å². The monoisotopic (exact) mass is 151 g/mol. The molecule has 0 fully saturated rings. The summed E-state index contributed by atoms with van der Waals surface area (Å²) >= 11 is 0. The van der Waals surface area contributed by atoms with Gasteiger partial charge in [-0.1, -0.05) is 12.2 Å². The van der Waals surface area contributed by atoms with Crippen LogP contribution in [0.15, 0.2) is 12.2 Å². The van der Waals surface area contributed by atoms with Crippen molar-refractivity contribution < 1.29 is 5.11 Å². The zero-order chi connectivity index (χ0) is 8.10. The molecule has 0 aliphatic heterocycles. The minimum atomic E-state index is -0.412. The lowest BCUT2D eigenvalue weighted by molar-refractivity contribution is 0.120. The van der Waals surface area contributed by atoms with Crippen molar-refractivity contribution in [3.63, 3.8) is 0 Å². The highest BCUT2D eigenvalue weighted by atomic mass is 16.3. The number of aliphatic hydroxyl groups excluding tert-OH is 1. The molecular weight excluding hydrogens is 138 g/mol. The van der Waals surface area contributed by atoms with Crippen LogP contribution in [0, 0.1) is 17.2 Å². The zero-order valence-corrected chi connectivity index (χ0v) is 6.53. The van der Waals surface area contributed by atoms with E-state index in [1.165, 1.54) is 0 Å². The largest absolute Gasteiger partial charge is 0.392 e. The third kappa shape index (κ3) is 2.36. The molecule has 0 radical (unpaired) electrons. The molecule has 0 amide bonds. The molecule has 0 aromatic rings. The maximum atomic E-state index is 9.42. The Morgan fingerprint density at radius 1 is 1.27 bits per heavy atom. The Bertz CT molecular complexity index is 180. The molecule has 2 atom stereocenters. The predicted octanol–water partition coefficient (Wildman–Crippen LogP) is 1.62. The van der Waals surface area contributed by atoms with Crippen LogP contribution in [0.25, 0.3) is 0 Å². The Morgan fingerprint density at radius 3 is 2.55 bits per heavy atom. The lowest BCUT2D eigenvalue weighted by Gasteiger charge is -2.16. The normalized spacial score (nSPS) is 32.0. The second-order valence-electron chi connectivity index (χ2n) is 2.93. The van der Waals surface area contributed by atoms with E-state index in [-0.39, 0.29) is 5.92 Å². The van der Waals surface area contributed by atoms with Crippen LogP contribution in [-0.4, -0.2) is 11.2 Å². The van der Waals surface area contributed by atoms with Crippen molar-refractivity contribution in [2.24, 2.45) is 5.92 Å². The topological polar surface area (TPSA) is 44.0 Å². The second kappa shape index (κ2) is 4.15. The van der Waals surface area contributed by atoms with Crippen molar-refractivity contribution in [3.05, 3.63) is 12.2 Å². The van der Waals surface area contributed by atoms with Crippen LogP contribution < -0.4 is 0 Å². The van der Waals surface area contributed by atoms with Gasteiger partial charge in [-0.3, -0.25) is 0 Å². The lowest BCUT2D eigenvalue weighted by Crippen LogP contribution is -2.19. The molecule has 1 aliphatic rings. The summed E-state index contributed by atoms with van der Waals surface area (Å²) in [6.07, 6.45) is 7.12. The van der Waals surface area contributed by atoms with E-state index in [1.54, 1.807) is 0 Å². The molecule has 0 heterocycles. The Balaban J connectivity index is 2.52. The summed E-state index contributed by atoms with van der Waals surface area (Å²) in [5.74, 6) is -0.153. The molecule has 1 aliphatic carbocycles. The summed E-state index contributed by atoms with van der Waals surface area (Å²) in [4.78, 5) is 0. The molecule has 0 bridgehead atoms. The van der Waals surface area contributed by atoms with Gasteiger partial charge in [-0.15, -0.1) is 0 Å². The fraction of sp³-hybridized carbons (Fsp3) is 0.667. The molecule has 1 N–H and O–H groups in total. The number of allylic oxidation sites excluding steroid dienone is 2. The molecule has 2 heteroatoms. The average Bonchev–Trinajstić information content (AvgIpc) is 1.98. The highest BCUT2D eigenvalue weighted by molar-refractivity contribution is 4.95. The summed E-state index contributed by atoms with van der Waals surface area (Å²) in [6, 6.07) is 2.14. The van der Waals surface area contributed by atoms with Gasteiger partial charge in [-0.2, -0.15) is 5.26 Å². The first kappa shape index (κ1) is 8.29. The van der Waals surface area contributed by atoms with Gasteiger partial charge in [-0.25, -0.2) is 0 Å². The summed E-state index contributed by atoms with van der Waals surface area (Å²) in [5.41, 5.74) is 0. The third-order valence-electron chi connectivity index (χ3n) is 2.07. The fourth-order valence-corrected chi connectivity index (χ4v) is 1.32. The molecule has 0 unspecified atom stereocenters. The van der Waals surface area contributed by atoms with E-state index in [4.69, 9.17) is 5.26 Å². The lowest BCUT2D eigenvalue weighted by atomic mass is 9.93. The van der Waals surface area contributed by atoms with Crippen molar-refractivity contribution >= 4 is 0 Å². The molecule has 0 saturated carbocycles.